The van der Waals surface area contributed by atoms with E-state index in [-0.39, 0.29) is 29.8 Å². The van der Waals surface area contributed by atoms with Crippen LogP contribution in [0.25, 0.3) is 0 Å². The van der Waals surface area contributed by atoms with Crippen LogP contribution in [0.3, 0.4) is 0 Å². The Bertz CT molecular complexity index is 984. The van der Waals surface area contributed by atoms with Gasteiger partial charge in [0.25, 0.3) is 5.91 Å². The number of phenolic OH excluding ortho intramolecular Hbond substituents is 1. The van der Waals surface area contributed by atoms with Crippen LogP contribution in [-0.2, 0) is 13.0 Å². The molecule has 1 heterocycles. The molecular formula is C22H25N3O4. The highest BCUT2D eigenvalue weighted by atomic mass is 16.5. The third-order valence-electron chi connectivity index (χ3n) is 5.03. The van der Waals surface area contributed by atoms with E-state index in [1.807, 2.05) is 13.8 Å². The molecule has 0 aliphatic carbocycles. The highest BCUT2D eigenvalue weighted by Gasteiger charge is 2.29. The molecule has 3 rings (SSSR count). The van der Waals surface area contributed by atoms with Crippen molar-refractivity contribution < 1.29 is 19.4 Å². The highest BCUT2D eigenvalue weighted by molar-refractivity contribution is 6.07. The molecule has 0 radical (unpaired) electrons. The van der Waals surface area contributed by atoms with Gasteiger partial charge in [-0.25, -0.2) is 0 Å². The topological polar surface area (TPSA) is 103 Å². The smallest absolute Gasteiger partial charge is 0.254 e. The zero-order valence-electron chi connectivity index (χ0n) is 16.8. The molecule has 1 amide bonds. The Morgan fingerprint density at radius 3 is 2.66 bits per heavy atom. The van der Waals surface area contributed by atoms with Crippen molar-refractivity contribution in [2.75, 3.05) is 20.2 Å². The number of ether oxygens (including phenoxy) is 1. The average molecular weight is 395 g/mol. The van der Waals surface area contributed by atoms with Gasteiger partial charge in [-0.3, -0.25) is 15.0 Å². The van der Waals surface area contributed by atoms with Crippen molar-refractivity contribution in [2.45, 2.75) is 26.8 Å². The number of nitrogens with zero attached hydrogens (tertiary/aromatic N) is 1. The lowest BCUT2D eigenvalue weighted by Crippen LogP contribution is -2.30. The van der Waals surface area contributed by atoms with Crippen LogP contribution in [0.5, 0.6) is 11.5 Å². The summed E-state index contributed by atoms with van der Waals surface area (Å²) in [5.74, 6) is 0.438. The normalized spacial score (nSPS) is 12.7. The average Bonchev–Trinajstić information content (AvgIpc) is 3.01. The molecule has 3 N–H and O–H groups in total. The van der Waals surface area contributed by atoms with E-state index in [2.05, 4.69) is 5.32 Å². The number of nitrogens with one attached hydrogen (secondary N) is 2. The summed E-state index contributed by atoms with van der Waals surface area (Å²) in [7, 11) is 1.55. The number of aromatic hydroxyl groups is 1. The van der Waals surface area contributed by atoms with Crippen LogP contribution in [0, 0.1) is 5.41 Å². The summed E-state index contributed by atoms with van der Waals surface area (Å²) in [5.41, 5.74) is 3.06. The highest BCUT2D eigenvalue weighted by Crippen LogP contribution is 2.31. The van der Waals surface area contributed by atoms with Crippen LogP contribution >= 0.6 is 0 Å². The number of rotatable bonds is 7. The second-order valence-corrected chi connectivity index (χ2v) is 6.84. The molecule has 7 nitrogen and oxygen atoms in total. The minimum atomic E-state index is -0.283. The van der Waals surface area contributed by atoms with E-state index >= 15 is 0 Å². The number of hydrogen-bond donors (Lipinski definition) is 3. The Hall–Kier alpha value is -3.35. The molecule has 0 atom stereocenters. The molecule has 0 spiro atoms. The van der Waals surface area contributed by atoms with E-state index in [0.29, 0.717) is 47.6 Å². The predicted octanol–water partition coefficient (Wildman–Crippen LogP) is 2.74. The number of hydrogen-bond acceptors (Lipinski definition) is 5. The lowest BCUT2D eigenvalue weighted by Gasteiger charge is -2.17. The van der Waals surface area contributed by atoms with Crippen LogP contribution < -0.4 is 10.1 Å². The lowest BCUT2D eigenvalue weighted by molar-refractivity contribution is 0.0953. The molecule has 2 aromatic carbocycles. The largest absolute Gasteiger partial charge is 0.508 e. The Morgan fingerprint density at radius 1 is 1.24 bits per heavy atom. The second-order valence-electron chi connectivity index (χ2n) is 6.84. The fraction of sp³-hybridized carbons (Fsp3) is 0.318. The molecule has 0 aromatic heterocycles. The standard InChI is InChI=1S/C22H25N3O4/c1-4-13-8-14(6-7-18(13)26)19(27)12-25-11-15-9-20(29-5-2)17(22(28)24-3)10-16(15)21(25)23/h6-10,23,26H,4-5,11-12H2,1-3H3,(H,24,28). The van der Waals surface area contributed by atoms with Gasteiger partial charge in [-0.2, -0.15) is 0 Å². The van der Waals surface area contributed by atoms with Gasteiger partial charge in [-0.1, -0.05) is 6.92 Å². The number of Topliss-reactive ketones (excluding diaryl/α,β-unsaturated/α-hetero) is 1. The van der Waals surface area contributed by atoms with Crippen LogP contribution in [-0.4, -0.2) is 47.7 Å². The summed E-state index contributed by atoms with van der Waals surface area (Å²) < 4.78 is 5.60. The van der Waals surface area contributed by atoms with Crippen molar-refractivity contribution >= 4 is 17.5 Å². The van der Waals surface area contributed by atoms with Crippen molar-refractivity contribution in [3.05, 3.63) is 58.1 Å². The SMILES string of the molecule is CCOc1cc2c(cc1C(=O)NC)C(=N)N(CC(=O)c1ccc(O)c(CC)c1)C2. The molecule has 2 aromatic rings. The van der Waals surface area contributed by atoms with Crippen molar-refractivity contribution in [3.63, 3.8) is 0 Å². The summed E-state index contributed by atoms with van der Waals surface area (Å²) in [4.78, 5) is 26.6. The van der Waals surface area contributed by atoms with Crippen molar-refractivity contribution in [1.29, 1.82) is 5.41 Å². The summed E-state index contributed by atoms with van der Waals surface area (Å²) in [6.45, 7) is 4.61. The first-order valence-electron chi connectivity index (χ1n) is 9.60. The molecule has 7 heteroatoms. The van der Waals surface area contributed by atoms with E-state index in [1.165, 1.54) is 6.07 Å². The summed E-state index contributed by atoms with van der Waals surface area (Å²) in [6, 6.07) is 8.25. The van der Waals surface area contributed by atoms with Gasteiger partial charge in [-0.05, 0) is 54.8 Å². The zero-order chi connectivity index (χ0) is 21.1. The van der Waals surface area contributed by atoms with E-state index < -0.39 is 0 Å². The molecular weight excluding hydrogens is 370 g/mol. The molecule has 0 saturated carbocycles. The predicted molar refractivity (Wildman–Crippen MR) is 110 cm³/mol. The fourth-order valence-corrected chi connectivity index (χ4v) is 3.46. The zero-order valence-corrected chi connectivity index (χ0v) is 16.8. The van der Waals surface area contributed by atoms with Crippen molar-refractivity contribution in [3.8, 4) is 11.5 Å². The number of carbonyl (C=O) groups is 2. The molecule has 0 unspecified atom stereocenters. The minimum absolute atomic E-state index is 0.0424. The number of phenols is 1. The van der Waals surface area contributed by atoms with Gasteiger partial charge in [0, 0.05) is 24.7 Å². The first-order chi connectivity index (χ1) is 13.9. The number of carbonyl (C=O) groups excluding carboxylic acids is 2. The van der Waals surface area contributed by atoms with Crippen LogP contribution in [0.1, 0.15) is 51.3 Å². The van der Waals surface area contributed by atoms with Gasteiger partial charge >= 0.3 is 0 Å². The molecule has 1 aliphatic heterocycles. The summed E-state index contributed by atoms with van der Waals surface area (Å²) in [6.07, 6.45) is 0.625. The van der Waals surface area contributed by atoms with Crippen LogP contribution in [0.2, 0.25) is 0 Å². The van der Waals surface area contributed by atoms with Crippen LogP contribution in [0.4, 0.5) is 0 Å². The van der Waals surface area contributed by atoms with Gasteiger partial charge < -0.3 is 20.1 Å². The first kappa shape index (κ1) is 20.4. The summed E-state index contributed by atoms with van der Waals surface area (Å²) in [5, 5.41) is 20.9. The molecule has 0 fully saturated rings. The second kappa shape index (κ2) is 8.34. The number of amides is 1. The molecule has 1 aliphatic rings. The Morgan fingerprint density at radius 2 is 2.00 bits per heavy atom. The monoisotopic (exact) mass is 395 g/mol. The van der Waals surface area contributed by atoms with Gasteiger partial charge in [0.05, 0.1) is 18.7 Å². The molecule has 152 valence electrons. The maximum Gasteiger partial charge on any atom is 0.254 e. The van der Waals surface area contributed by atoms with E-state index in [1.54, 1.807) is 36.2 Å². The maximum absolute atomic E-state index is 12.8. The van der Waals surface area contributed by atoms with Gasteiger partial charge in [-0.15, -0.1) is 0 Å². The van der Waals surface area contributed by atoms with Crippen molar-refractivity contribution in [1.82, 2.24) is 10.2 Å². The summed E-state index contributed by atoms with van der Waals surface area (Å²) >= 11 is 0. The van der Waals surface area contributed by atoms with Crippen LogP contribution in [0.15, 0.2) is 30.3 Å². The fourth-order valence-electron chi connectivity index (χ4n) is 3.46. The molecule has 29 heavy (non-hydrogen) atoms. The number of amidine groups is 1. The van der Waals surface area contributed by atoms with Gasteiger partial charge in [0.1, 0.15) is 17.3 Å². The number of ketones is 1. The molecule has 0 saturated heterocycles. The van der Waals surface area contributed by atoms with E-state index in [9.17, 15) is 14.7 Å². The Kier molecular flexibility index (Phi) is 5.87. The van der Waals surface area contributed by atoms with Gasteiger partial charge in [0.15, 0.2) is 5.78 Å². The molecule has 0 bridgehead atoms. The lowest BCUT2D eigenvalue weighted by atomic mass is 10.0. The first-order valence-corrected chi connectivity index (χ1v) is 9.60. The maximum atomic E-state index is 12.8. The number of aryl methyl sites for hydroxylation is 1. The van der Waals surface area contributed by atoms with Gasteiger partial charge in [0.2, 0.25) is 0 Å². The quantitative estimate of drug-likeness (QED) is 0.626. The van der Waals surface area contributed by atoms with E-state index in [4.69, 9.17) is 10.1 Å². The minimum Gasteiger partial charge on any atom is -0.508 e. The number of fused-ring (bicyclic) bond motifs is 1. The third kappa shape index (κ3) is 3.94. The number of benzene rings is 2. The Balaban J connectivity index is 1.85. The third-order valence-corrected chi connectivity index (χ3v) is 5.03. The van der Waals surface area contributed by atoms with E-state index in [0.717, 1.165) is 5.56 Å². The van der Waals surface area contributed by atoms with Crippen molar-refractivity contribution in [2.24, 2.45) is 0 Å². The Labute approximate surface area is 169 Å².